The summed E-state index contributed by atoms with van der Waals surface area (Å²) in [5.74, 6) is 1.38. The number of hydrogen-bond donors (Lipinski definition) is 2. The highest BCUT2D eigenvalue weighted by Gasteiger charge is 2.14. The van der Waals surface area contributed by atoms with E-state index in [1.807, 2.05) is 44.3 Å². The second-order valence-electron chi connectivity index (χ2n) is 8.34. The minimum atomic E-state index is -3.31. The van der Waals surface area contributed by atoms with Crippen LogP contribution in [0.1, 0.15) is 18.9 Å². The summed E-state index contributed by atoms with van der Waals surface area (Å²) >= 11 is 3.57. The lowest BCUT2D eigenvalue weighted by Crippen LogP contribution is -2.24. The standard InChI is InChI=1S/C26H32BrN3O4S/c1-4-35(32,33)22-8-5-7-20(16-22)21-9-10-25(34-14-6-11-30(3)12-13-31)24(17-21)29-26-23(27)15-19(2)18-28-26/h5,7-10,15-18,31H,4,6,11-14H2,1-3H3,(H,28,29). The largest absolute Gasteiger partial charge is 0.491 e. The maximum Gasteiger partial charge on any atom is 0.178 e. The number of benzene rings is 2. The number of nitrogens with zero attached hydrogens (tertiary/aromatic N) is 2. The summed E-state index contributed by atoms with van der Waals surface area (Å²) in [5, 5.41) is 12.4. The smallest absolute Gasteiger partial charge is 0.178 e. The molecule has 3 rings (SSSR count). The van der Waals surface area contributed by atoms with Gasteiger partial charge in [0.25, 0.3) is 0 Å². The normalized spacial score (nSPS) is 11.6. The molecule has 0 aliphatic carbocycles. The number of anilines is 2. The molecule has 0 aliphatic heterocycles. The second kappa shape index (κ2) is 12.5. The molecule has 0 saturated carbocycles. The number of aliphatic hydroxyl groups excluding tert-OH is 1. The van der Waals surface area contributed by atoms with E-state index in [0.29, 0.717) is 29.6 Å². The topological polar surface area (TPSA) is 91.8 Å². The van der Waals surface area contributed by atoms with Crippen molar-refractivity contribution in [1.82, 2.24) is 9.88 Å². The molecule has 2 aromatic carbocycles. The van der Waals surface area contributed by atoms with Crippen LogP contribution in [0.5, 0.6) is 5.75 Å². The van der Waals surface area contributed by atoms with Crippen LogP contribution in [0.2, 0.25) is 0 Å². The van der Waals surface area contributed by atoms with Crippen molar-refractivity contribution < 1.29 is 18.3 Å². The summed E-state index contributed by atoms with van der Waals surface area (Å²) in [6.45, 7) is 5.70. The maximum absolute atomic E-state index is 12.4. The minimum absolute atomic E-state index is 0.0522. The second-order valence-corrected chi connectivity index (χ2v) is 11.5. The Kier molecular flexibility index (Phi) is 9.68. The van der Waals surface area contributed by atoms with Crippen molar-refractivity contribution in [2.24, 2.45) is 0 Å². The molecule has 0 spiro atoms. The van der Waals surface area contributed by atoms with Crippen molar-refractivity contribution in [1.29, 1.82) is 0 Å². The number of hydrogen-bond acceptors (Lipinski definition) is 7. The summed E-state index contributed by atoms with van der Waals surface area (Å²) in [7, 11) is -1.34. The van der Waals surface area contributed by atoms with Crippen LogP contribution < -0.4 is 10.1 Å². The first kappa shape index (κ1) is 27.1. The number of halogens is 1. The Bertz CT molecular complexity index is 1250. The summed E-state index contributed by atoms with van der Waals surface area (Å²) in [4.78, 5) is 6.85. The Morgan fingerprint density at radius 2 is 1.89 bits per heavy atom. The van der Waals surface area contributed by atoms with Crippen molar-refractivity contribution in [3.8, 4) is 16.9 Å². The van der Waals surface area contributed by atoms with Crippen LogP contribution in [-0.4, -0.2) is 62.5 Å². The Morgan fingerprint density at radius 3 is 2.60 bits per heavy atom. The Hall–Kier alpha value is -2.46. The third-order valence-electron chi connectivity index (χ3n) is 5.54. The highest BCUT2D eigenvalue weighted by atomic mass is 79.9. The molecule has 35 heavy (non-hydrogen) atoms. The molecule has 2 N–H and O–H groups in total. The Morgan fingerprint density at radius 1 is 1.11 bits per heavy atom. The van der Waals surface area contributed by atoms with Gasteiger partial charge in [0.15, 0.2) is 9.84 Å². The van der Waals surface area contributed by atoms with Gasteiger partial charge in [-0.15, -0.1) is 0 Å². The van der Waals surface area contributed by atoms with Crippen LogP contribution >= 0.6 is 15.9 Å². The number of sulfone groups is 1. The van der Waals surface area contributed by atoms with Crippen LogP contribution in [0, 0.1) is 6.92 Å². The number of aromatic nitrogens is 1. The predicted octanol–water partition coefficient (Wildman–Crippen LogP) is 5.05. The van der Waals surface area contributed by atoms with Crippen molar-refractivity contribution in [3.05, 3.63) is 64.8 Å². The van der Waals surface area contributed by atoms with Crippen molar-refractivity contribution in [2.75, 3.05) is 44.4 Å². The van der Waals surface area contributed by atoms with Gasteiger partial charge in [0, 0.05) is 19.3 Å². The number of likely N-dealkylation sites (N-methyl/N-ethyl adjacent to an activating group) is 1. The molecule has 1 aromatic heterocycles. The average Bonchev–Trinajstić information content (AvgIpc) is 2.84. The van der Waals surface area contributed by atoms with Crippen molar-refractivity contribution in [2.45, 2.75) is 25.2 Å². The molecule has 0 saturated heterocycles. The van der Waals surface area contributed by atoms with E-state index in [9.17, 15) is 8.42 Å². The quantitative estimate of drug-likeness (QED) is 0.299. The zero-order valence-corrected chi connectivity index (χ0v) is 22.7. The monoisotopic (exact) mass is 561 g/mol. The Labute approximate surface area is 216 Å². The lowest BCUT2D eigenvalue weighted by atomic mass is 10.0. The van der Waals surface area contributed by atoms with E-state index >= 15 is 0 Å². The van der Waals surface area contributed by atoms with Crippen molar-refractivity contribution >= 4 is 37.3 Å². The van der Waals surface area contributed by atoms with Gasteiger partial charge in [-0.05, 0) is 83.3 Å². The van der Waals surface area contributed by atoms with Crippen LogP contribution in [0.4, 0.5) is 11.5 Å². The minimum Gasteiger partial charge on any atom is -0.491 e. The summed E-state index contributed by atoms with van der Waals surface area (Å²) in [6.07, 6.45) is 2.59. The summed E-state index contributed by atoms with van der Waals surface area (Å²) < 4.78 is 31.7. The molecular formula is C26H32BrN3O4S. The molecule has 1 heterocycles. The SMILES string of the molecule is CCS(=O)(=O)c1cccc(-c2ccc(OCCCN(C)CCO)c(Nc3ncc(C)cc3Br)c2)c1. The van der Waals surface area contributed by atoms with Gasteiger partial charge in [-0.3, -0.25) is 0 Å². The molecule has 0 unspecified atom stereocenters. The van der Waals surface area contributed by atoms with Gasteiger partial charge in [0.05, 0.1) is 34.0 Å². The van der Waals surface area contributed by atoms with Gasteiger partial charge in [0.1, 0.15) is 11.6 Å². The fraction of sp³-hybridized carbons (Fsp3) is 0.346. The fourth-order valence-corrected chi connectivity index (χ4v) is 5.01. The number of rotatable bonds is 12. The zero-order chi connectivity index (χ0) is 25.4. The van der Waals surface area contributed by atoms with Gasteiger partial charge >= 0.3 is 0 Å². The van der Waals surface area contributed by atoms with Crippen molar-refractivity contribution in [3.63, 3.8) is 0 Å². The van der Waals surface area contributed by atoms with Gasteiger partial charge < -0.3 is 20.1 Å². The van der Waals surface area contributed by atoms with E-state index in [2.05, 4.69) is 31.1 Å². The molecule has 188 valence electrons. The highest BCUT2D eigenvalue weighted by molar-refractivity contribution is 9.10. The summed E-state index contributed by atoms with van der Waals surface area (Å²) in [6, 6.07) is 14.7. The number of aryl methyl sites for hydroxylation is 1. The first-order chi connectivity index (χ1) is 16.7. The number of pyridine rings is 1. The zero-order valence-electron chi connectivity index (χ0n) is 20.3. The molecule has 0 amide bonds. The highest BCUT2D eigenvalue weighted by Crippen LogP contribution is 2.35. The molecule has 0 fully saturated rings. The van der Waals surface area contributed by atoms with Gasteiger partial charge in [-0.2, -0.15) is 0 Å². The Balaban J connectivity index is 1.90. The van der Waals surface area contributed by atoms with E-state index in [4.69, 9.17) is 9.84 Å². The average molecular weight is 563 g/mol. The van der Waals surface area contributed by atoms with E-state index in [1.165, 1.54) is 0 Å². The van der Waals surface area contributed by atoms with E-state index < -0.39 is 9.84 Å². The third-order valence-corrected chi connectivity index (χ3v) is 7.88. The lowest BCUT2D eigenvalue weighted by Gasteiger charge is -2.18. The lowest BCUT2D eigenvalue weighted by molar-refractivity contribution is 0.208. The number of ether oxygens (including phenoxy) is 1. The van der Waals surface area contributed by atoms with Crippen LogP contribution in [-0.2, 0) is 9.84 Å². The van der Waals surface area contributed by atoms with Crippen LogP contribution in [0.25, 0.3) is 11.1 Å². The molecule has 7 nitrogen and oxygen atoms in total. The molecular weight excluding hydrogens is 530 g/mol. The van der Waals surface area contributed by atoms with E-state index in [1.54, 1.807) is 31.3 Å². The first-order valence-corrected chi connectivity index (χ1v) is 14.0. The summed E-state index contributed by atoms with van der Waals surface area (Å²) in [5.41, 5.74) is 3.43. The van der Waals surface area contributed by atoms with Gasteiger partial charge in [-0.25, -0.2) is 13.4 Å². The third kappa shape index (κ3) is 7.51. The number of aliphatic hydroxyl groups is 1. The molecule has 0 atom stereocenters. The van der Waals surface area contributed by atoms with Gasteiger partial charge in [0.2, 0.25) is 0 Å². The van der Waals surface area contributed by atoms with Crippen LogP contribution in [0.3, 0.4) is 0 Å². The first-order valence-electron chi connectivity index (χ1n) is 11.5. The fourth-order valence-electron chi connectivity index (χ4n) is 3.52. The van der Waals surface area contributed by atoms with E-state index in [0.717, 1.165) is 39.8 Å². The molecule has 3 aromatic rings. The van der Waals surface area contributed by atoms with E-state index in [-0.39, 0.29) is 12.4 Å². The molecule has 0 aliphatic rings. The number of nitrogens with one attached hydrogen (secondary N) is 1. The molecule has 0 bridgehead atoms. The molecule has 0 radical (unpaired) electrons. The maximum atomic E-state index is 12.4. The molecule has 9 heteroatoms. The van der Waals surface area contributed by atoms with Gasteiger partial charge in [-0.1, -0.05) is 25.1 Å². The predicted molar refractivity (Wildman–Crippen MR) is 144 cm³/mol. The van der Waals surface area contributed by atoms with Crippen LogP contribution in [0.15, 0.2) is 64.1 Å².